The quantitative estimate of drug-likeness (QED) is 0.358. The molecule has 1 aromatic carbocycles. The zero-order valence-electron chi connectivity index (χ0n) is 14.1. The SMILES string of the molecule is C=CCN1C(=O)/C(=C/c2c(OC)cc(OC)cc2OC)C(=O)NC1=S. The van der Waals surface area contributed by atoms with Gasteiger partial charge < -0.3 is 14.2 Å². The van der Waals surface area contributed by atoms with Gasteiger partial charge in [-0.3, -0.25) is 19.8 Å². The Morgan fingerprint density at radius 2 is 1.76 bits per heavy atom. The molecule has 1 aliphatic rings. The van der Waals surface area contributed by atoms with E-state index < -0.39 is 11.8 Å². The fourth-order valence-corrected chi connectivity index (χ4v) is 2.56. The number of benzene rings is 1. The van der Waals surface area contributed by atoms with E-state index in [1.54, 1.807) is 12.1 Å². The van der Waals surface area contributed by atoms with Gasteiger partial charge in [0, 0.05) is 18.7 Å². The lowest BCUT2D eigenvalue weighted by Crippen LogP contribution is -2.53. The maximum absolute atomic E-state index is 12.6. The topological polar surface area (TPSA) is 77.1 Å². The van der Waals surface area contributed by atoms with E-state index in [2.05, 4.69) is 11.9 Å². The molecule has 0 saturated carbocycles. The number of methoxy groups -OCH3 is 3. The van der Waals surface area contributed by atoms with E-state index in [9.17, 15) is 9.59 Å². The van der Waals surface area contributed by atoms with Crippen LogP contribution in [-0.2, 0) is 9.59 Å². The van der Waals surface area contributed by atoms with Crippen LogP contribution in [0.2, 0.25) is 0 Å². The van der Waals surface area contributed by atoms with Crippen LogP contribution in [0.1, 0.15) is 5.56 Å². The van der Waals surface area contributed by atoms with Crippen LogP contribution in [-0.4, -0.2) is 49.7 Å². The second kappa shape index (κ2) is 7.80. The first-order valence-electron chi connectivity index (χ1n) is 7.26. The first-order valence-corrected chi connectivity index (χ1v) is 7.67. The Morgan fingerprint density at radius 1 is 1.16 bits per heavy atom. The summed E-state index contributed by atoms with van der Waals surface area (Å²) in [5.74, 6) is 0.203. The molecule has 0 atom stereocenters. The fourth-order valence-electron chi connectivity index (χ4n) is 2.31. The molecule has 1 N–H and O–H groups in total. The number of thiocarbonyl (C=S) groups is 1. The third-order valence-electron chi connectivity index (χ3n) is 3.54. The Kier molecular flexibility index (Phi) is 5.76. The predicted molar refractivity (Wildman–Crippen MR) is 96.7 cm³/mol. The zero-order valence-corrected chi connectivity index (χ0v) is 14.9. The molecule has 2 amide bonds. The first kappa shape index (κ1) is 18.5. The molecule has 1 aliphatic heterocycles. The summed E-state index contributed by atoms with van der Waals surface area (Å²) in [5.41, 5.74) is 0.355. The second-order valence-electron chi connectivity index (χ2n) is 4.97. The third kappa shape index (κ3) is 3.63. The maximum atomic E-state index is 12.6. The van der Waals surface area contributed by atoms with Gasteiger partial charge in [0.1, 0.15) is 22.8 Å². The molecular formula is C17H18N2O5S. The molecule has 0 aliphatic carbocycles. The lowest BCUT2D eigenvalue weighted by atomic mass is 10.1. The number of ether oxygens (including phenoxy) is 3. The van der Waals surface area contributed by atoms with Gasteiger partial charge in [-0.25, -0.2) is 0 Å². The van der Waals surface area contributed by atoms with Crippen LogP contribution in [0.5, 0.6) is 17.2 Å². The molecule has 1 aromatic rings. The van der Waals surface area contributed by atoms with Crippen LogP contribution in [0.3, 0.4) is 0 Å². The van der Waals surface area contributed by atoms with E-state index in [1.165, 1.54) is 38.4 Å². The number of rotatable bonds is 6. The molecular weight excluding hydrogens is 344 g/mol. The highest BCUT2D eigenvalue weighted by atomic mass is 32.1. The van der Waals surface area contributed by atoms with Gasteiger partial charge in [-0.2, -0.15) is 0 Å². The molecule has 8 heteroatoms. The summed E-state index contributed by atoms with van der Waals surface area (Å²) in [5, 5.41) is 2.53. The standard InChI is InChI=1S/C17H18N2O5S/c1-5-6-19-16(21)12(15(20)18-17(19)25)9-11-13(23-3)7-10(22-2)8-14(11)24-4/h5,7-9H,1,6H2,2-4H3,(H,18,20,25)/b12-9+. The van der Waals surface area contributed by atoms with Crippen molar-refractivity contribution in [3.63, 3.8) is 0 Å². The number of carbonyl (C=O) groups excluding carboxylic acids is 2. The van der Waals surface area contributed by atoms with Gasteiger partial charge in [-0.1, -0.05) is 6.08 Å². The number of amides is 2. The van der Waals surface area contributed by atoms with Crippen LogP contribution in [0.25, 0.3) is 6.08 Å². The minimum atomic E-state index is -0.588. The van der Waals surface area contributed by atoms with Crippen molar-refractivity contribution in [2.45, 2.75) is 0 Å². The smallest absolute Gasteiger partial charge is 0.265 e. The van der Waals surface area contributed by atoms with E-state index in [-0.39, 0.29) is 17.2 Å². The van der Waals surface area contributed by atoms with Crippen LogP contribution in [0, 0.1) is 0 Å². The van der Waals surface area contributed by atoms with Gasteiger partial charge in [-0.15, -0.1) is 6.58 Å². The Bertz CT molecular complexity index is 747. The predicted octanol–water partition coefficient (Wildman–Crippen LogP) is 1.53. The first-order chi connectivity index (χ1) is 12.0. The Morgan fingerprint density at radius 3 is 2.24 bits per heavy atom. The van der Waals surface area contributed by atoms with Crippen LogP contribution in [0.15, 0.2) is 30.4 Å². The van der Waals surface area contributed by atoms with Crippen molar-refractivity contribution >= 4 is 35.2 Å². The van der Waals surface area contributed by atoms with E-state index in [0.717, 1.165) is 0 Å². The highest BCUT2D eigenvalue weighted by Crippen LogP contribution is 2.36. The summed E-state index contributed by atoms with van der Waals surface area (Å²) in [4.78, 5) is 26.1. The molecule has 0 spiro atoms. The fraction of sp³-hybridized carbons (Fsp3) is 0.235. The molecule has 1 saturated heterocycles. The summed E-state index contributed by atoms with van der Waals surface area (Å²) in [7, 11) is 4.45. The Balaban J connectivity index is 2.57. The molecule has 0 bridgehead atoms. The van der Waals surface area contributed by atoms with Crippen LogP contribution < -0.4 is 19.5 Å². The molecule has 7 nitrogen and oxygen atoms in total. The Hall–Kier alpha value is -2.87. The van der Waals surface area contributed by atoms with Crippen molar-refractivity contribution in [2.75, 3.05) is 27.9 Å². The highest BCUT2D eigenvalue weighted by molar-refractivity contribution is 7.80. The van der Waals surface area contributed by atoms with Gasteiger partial charge in [0.25, 0.3) is 11.8 Å². The van der Waals surface area contributed by atoms with Crippen molar-refractivity contribution in [3.05, 3.63) is 35.9 Å². The van der Waals surface area contributed by atoms with Gasteiger partial charge in [0.15, 0.2) is 5.11 Å². The summed E-state index contributed by atoms with van der Waals surface area (Å²) in [6.45, 7) is 3.77. The van der Waals surface area contributed by atoms with Crippen molar-refractivity contribution in [1.29, 1.82) is 0 Å². The monoisotopic (exact) mass is 362 g/mol. The molecule has 1 fully saturated rings. The summed E-state index contributed by atoms with van der Waals surface area (Å²) < 4.78 is 15.9. The number of carbonyl (C=O) groups is 2. The maximum Gasteiger partial charge on any atom is 0.265 e. The molecule has 25 heavy (non-hydrogen) atoms. The summed E-state index contributed by atoms with van der Waals surface area (Å²) in [6.07, 6.45) is 2.93. The van der Waals surface area contributed by atoms with Gasteiger partial charge in [0.2, 0.25) is 0 Å². The van der Waals surface area contributed by atoms with Crippen molar-refractivity contribution < 1.29 is 23.8 Å². The summed E-state index contributed by atoms with van der Waals surface area (Å²) in [6, 6.07) is 3.26. The molecule has 0 radical (unpaired) electrons. The number of nitrogens with zero attached hydrogens (tertiary/aromatic N) is 1. The number of hydrogen-bond donors (Lipinski definition) is 1. The van der Waals surface area contributed by atoms with Gasteiger partial charge in [-0.05, 0) is 18.3 Å². The lowest BCUT2D eigenvalue weighted by Gasteiger charge is -2.28. The normalized spacial score (nSPS) is 15.9. The zero-order chi connectivity index (χ0) is 18.6. The molecule has 0 unspecified atom stereocenters. The molecule has 0 aromatic heterocycles. The number of hydrogen-bond acceptors (Lipinski definition) is 6. The summed E-state index contributed by atoms with van der Waals surface area (Å²) >= 11 is 5.03. The minimum Gasteiger partial charge on any atom is -0.496 e. The highest BCUT2D eigenvalue weighted by Gasteiger charge is 2.33. The average molecular weight is 362 g/mol. The van der Waals surface area contributed by atoms with Gasteiger partial charge in [0.05, 0.1) is 26.9 Å². The lowest BCUT2D eigenvalue weighted by molar-refractivity contribution is -0.128. The molecule has 2 rings (SSSR count). The number of nitrogens with one attached hydrogen (secondary N) is 1. The third-order valence-corrected chi connectivity index (χ3v) is 3.86. The largest absolute Gasteiger partial charge is 0.496 e. The molecule has 132 valence electrons. The van der Waals surface area contributed by atoms with Crippen LogP contribution >= 0.6 is 12.2 Å². The average Bonchev–Trinajstić information content (AvgIpc) is 2.61. The van der Waals surface area contributed by atoms with Crippen molar-refractivity contribution in [3.8, 4) is 17.2 Å². The van der Waals surface area contributed by atoms with E-state index >= 15 is 0 Å². The van der Waals surface area contributed by atoms with E-state index in [1.807, 2.05) is 0 Å². The molecule has 1 heterocycles. The second-order valence-corrected chi connectivity index (χ2v) is 5.35. The minimum absolute atomic E-state index is 0.0423. The van der Waals surface area contributed by atoms with Crippen LogP contribution in [0.4, 0.5) is 0 Å². The van der Waals surface area contributed by atoms with Crippen molar-refractivity contribution in [2.24, 2.45) is 0 Å². The Labute approximate surface area is 150 Å². The van der Waals surface area contributed by atoms with E-state index in [0.29, 0.717) is 22.8 Å². The van der Waals surface area contributed by atoms with Crippen molar-refractivity contribution in [1.82, 2.24) is 10.2 Å². The van der Waals surface area contributed by atoms with Gasteiger partial charge >= 0.3 is 0 Å². The van der Waals surface area contributed by atoms with E-state index in [4.69, 9.17) is 26.4 Å².